The number of benzene rings is 1. The van der Waals surface area contributed by atoms with Gasteiger partial charge in [-0.15, -0.1) is 0 Å². The van der Waals surface area contributed by atoms with Crippen LogP contribution in [-0.4, -0.2) is 23.5 Å². The fraction of sp³-hybridized carbons (Fsp3) is 0.500. The summed E-state index contributed by atoms with van der Waals surface area (Å²) in [5, 5.41) is 11.7. The molecular formula is C16H24N2O3. The quantitative estimate of drug-likeness (QED) is 0.687. The lowest BCUT2D eigenvalue weighted by Crippen LogP contribution is -2.18. The number of hydrogen-bond donors (Lipinski definition) is 3. The summed E-state index contributed by atoms with van der Waals surface area (Å²) >= 11 is 0. The van der Waals surface area contributed by atoms with Crippen LogP contribution in [-0.2, 0) is 4.79 Å². The van der Waals surface area contributed by atoms with Gasteiger partial charge < -0.3 is 16.2 Å². The number of hydrogen-bond acceptors (Lipinski definition) is 3. The third-order valence-corrected chi connectivity index (χ3v) is 3.62. The molecule has 1 atom stereocenters. The van der Waals surface area contributed by atoms with Crippen molar-refractivity contribution < 1.29 is 14.7 Å². The molecule has 0 saturated heterocycles. The Bertz CT molecular complexity index is 486. The number of carbonyl (C=O) groups is 2. The molecule has 0 aliphatic carbocycles. The Morgan fingerprint density at radius 1 is 1.29 bits per heavy atom. The maximum absolute atomic E-state index is 11.9. The van der Waals surface area contributed by atoms with Gasteiger partial charge in [0, 0.05) is 12.1 Å². The monoisotopic (exact) mass is 292 g/mol. The molecule has 4 N–H and O–H groups in total. The van der Waals surface area contributed by atoms with Gasteiger partial charge in [0.05, 0.1) is 5.56 Å². The predicted octanol–water partition coefficient (Wildman–Crippen LogP) is 2.72. The Morgan fingerprint density at radius 3 is 2.57 bits per heavy atom. The summed E-state index contributed by atoms with van der Waals surface area (Å²) in [6.07, 6.45) is 2.12. The van der Waals surface area contributed by atoms with Crippen LogP contribution in [0.15, 0.2) is 24.3 Å². The molecular weight excluding hydrogens is 268 g/mol. The average Bonchev–Trinajstić information content (AvgIpc) is 2.43. The van der Waals surface area contributed by atoms with E-state index in [9.17, 15) is 9.59 Å². The van der Waals surface area contributed by atoms with Crippen molar-refractivity contribution >= 4 is 17.6 Å². The highest BCUT2D eigenvalue weighted by molar-refractivity contribution is 5.93. The van der Waals surface area contributed by atoms with Crippen molar-refractivity contribution in [2.24, 2.45) is 17.6 Å². The van der Waals surface area contributed by atoms with Crippen LogP contribution in [0.2, 0.25) is 0 Å². The summed E-state index contributed by atoms with van der Waals surface area (Å²) in [5.74, 6) is -0.170. The molecule has 0 spiro atoms. The lowest BCUT2D eigenvalue weighted by Gasteiger charge is -2.19. The van der Waals surface area contributed by atoms with E-state index in [0.29, 0.717) is 30.5 Å². The smallest absolute Gasteiger partial charge is 0.335 e. The van der Waals surface area contributed by atoms with Crippen molar-refractivity contribution in [3.8, 4) is 0 Å². The lowest BCUT2D eigenvalue weighted by molar-refractivity contribution is -0.116. The number of anilines is 1. The standard InChI is InChI=1S/C16H24N2O3/c1-11(2)12(8-9-17)6-7-15(19)18-14-5-3-4-13(10-14)16(20)21/h3-5,10-12H,6-9,17H2,1-2H3,(H,18,19)(H,20,21). The average molecular weight is 292 g/mol. The van der Waals surface area contributed by atoms with E-state index in [1.54, 1.807) is 12.1 Å². The number of carboxylic acids is 1. The minimum Gasteiger partial charge on any atom is -0.478 e. The minimum absolute atomic E-state index is 0.0970. The Kier molecular flexibility index (Phi) is 6.88. The summed E-state index contributed by atoms with van der Waals surface area (Å²) in [4.78, 5) is 22.8. The second kappa shape index (κ2) is 8.42. The van der Waals surface area contributed by atoms with E-state index in [0.717, 1.165) is 12.8 Å². The molecule has 1 unspecified atom stereocenters. The normalized spacial score (nSPS) is 12.2. The highest BCUT2D eigenvalue weighted by atomic mass is 16.4. The molecule has 0 bridgehead atoms. The molecule has 0 saturated carbocycles. The zero-order valence-corrected chi connectivity index (χ0v) is 12.6. The van der Waals surface area contributed by atoms with Crippen molar-refractivity contribution in [1.82, 2.24) is 0 Å². The van der Waals surface area contributed by atoms with Crippen molar-refractivity contribution in [3.05, 3.63) is 29.8 Å². The van der Waals surface area contributed by atoms with E-state index in [1.165, 1.54) is 12.1 Å². The van der Waals surface area contributed by atoms with Crippen LogP contribution in [0.3, 0.4) is 0 Å². The van der Waals surface area contributed by atoms with Crippen molar-refractivity contribution in [2.75, 3.05) is 11.9 Å². The van der Waals surface area contributed by atoms with Gasteiger partial charge in [0.15, 0.2) is 0 Å². The van der Waals surface area contributed by atoms with Crippen LogP contribution in [0.5, 0.6) is 0 Å². The van der Waals surface area contributed by atoms with Gasteiger partial charge in [-0.3, -0.25) is 4.79 Å². The third-order valence-electron chi connectivity index (χ3n) is 3.62. The van der Waals surface area contributed by atoms with E-state index in [2.05, 4.69) is 19.2 Å². The van der Waals surface area contributed by atoms with Crippen LogP contribution >= 0.6 is 0 Å². The highest BCUT2D eigenvalue weighted by Crippen LogP contribution is 2.21. The molecule has 0 aliphatic rings. The molecule has 5 nitrogen and oxygen atoms in total. The molecule has 0 fully saturated rings. The number of carbonyl (C=O) groups excluding carboxylic acids is 1. The Labute approximate surface area is 125 Å². The number of nitrogens with two attached hydrogens (primary N) is 1. The Hall–Kier alpha value is -1.88. The van der Waals surface area contributed by atoms with Gasteiger partial charge in [0.25, 0.3) is 0 Å². The number of aromatic carboxylic acids is 1. The van der Waals surface area contributed by atoms with Crippen molar-refractivity contribution in [2.45, 2.75) is 33.1 Å². The third kappa shape index (κ3) is 5.95. The molecule has 1 amide bonds. The van der Waals surface area contributed by atoms with Gasteiger partial charge in [-0.25, -0.2) is 4.79 Å². The second-order valence-corrected chi connectivity index (χ2v) is 5.55. The largest absolute Gasteiger partial charge is 0.478 e. The number of nitrogens with one attached hydrogen (secondary N) is 1. The second-order valence-electron chi connectivity index (χ2n) is 5.55. The highest BCUT2D eigenvalue weighted by Gasteiger charge is 2.14. The summed E-state index contributed by atoms with van der Waals surface area (Å²) < 4.78 is 0. The molecule has 0 heterocycles. The molecule has 0 radical (unpaired) electrons. The summed E-state index contributed by atoms with van der Waals surface area (Å²) in [6.45, 7) is 4.90. The summed E-state index contributed by atoms with van der Waals surface area (Å²) in [6, 6.07) is 6.25. The van der Waals surface area contributed by atoms with Gasteiger partial charge in [-0.1, -0.05) is 19.9 Å². The number of amides is 1. The van der Waals surface area contributed by atoms with Crippen molar-refractivity contribution in [1.29, 1.82) is 0 Å². The topological polar surface area (TPSA) is 92.4 Å². The van der Waals surface area contributed by atoms with Gasteiger partial charge in [0.1, 0.15) is 0 Å². The molecule has 21 heavy (non-hydrogen) atoms. The fourth-order valence-electron chi connectivity index (χ4n) is 2.30. The molecule has 0 aliphatic heterocycles. The molecule has 1 rings (SSSR count). The minimum atomic E-state index is -1.01. The van der Waals surface area contributed by atoms with E-state index in [1.807, 2.05) is 0 Å². The number of carboxylic acid groups (broad SMARTS) is 1. The predicted molar refractivity (Wildman–Crippen MR) is 83.3 cm³/mol. The van der Waals surface area contributed by atoms with Crippen LogP contribution in [0.1, 0.15) is 43.5 Å². The SMILES string of the molecule is CC(C)C(CCN)CCC(=O)Nc1cccc(C(=O)O)c1. The molecule has 1 aromatic carbocycles. The first kappa shape index (κ1) is 17.2. The van der Waals surface area contributed by atoms with Crippen molar-refractivity contribution in [3.63, 3.8) is 0 Å². The zero-order valence-electron chi connectivity index (χ0n) is 12.6. The Balaban J connectivity index is 2.53. The first-order valence-electron chi connectivity index (χ1n) is 7.27. The zero-order chi connectivity index (χ0) is 15.8. The van der Waals surface area contributed by atoms with E-state index < -0.39 is 5.97 Å². The first-order chi connectivity index (χ1) is 9.93. The summed E-state index contributed by atoms with van der Waals surface area (Å²) in [5.41, 5.74) is 6.26. The van der Waals surface area contributed by atoms with Crippen LogP contribution in [0.25, 0.3) is 0 Å². The molecule has 116 valence electrons. The molecule has 5 heteroatoms. The van der Waals surface area contributed by atoms with Gasteiger partial charge in [-0.05, 0) is 49.4 Å². The summed E-state index contributed by atoms with van der Waals surface area (Å²) in [7, 11) is 0. The fourth-order valence-corrected chi connectivity index (χ4v) is 2.30. The maximum atomic E-state index is 11.9. The van der Waals surface area contributed by atoms with Gasteiger partial charge in [0.2, 0.25) is 5.91 Å². The lowest BCUT2D eigenvalue weighted by atomic mass is 9.88. The number of rotatable bonds is 8. The van der Waals surface area contributed by atoms with Gasteiger partial charge in [-0.2, -0.15) is 0 Å². The van der Waals surface area contributed by atoms with Crippen LogP contribution in [0, 0.1) is 11.8 Å². The van der Waals surface area contributed by atoms with Gasteiger partial charge >= 0.3 is 5.97 Å². The molecule has 1 aromatic rings. The first-order valence-corrected chi connectivity index (χ1v) is 7.27. The Morgan fingerprint density at radius 2 is 2.00 bits per heavy atom. The van der Waals surface area contributed by atoms with Crippen LogP contribution in [0.4, 0.5) is 5.69 Å². The van der Waals surface area contributed by atoms with E-state index in [-0.39, 0.29) is 11.5 Å². The van der Waals surface area contributed by atoms with Crippen LogP contribution < -0.4 is 11.1 Å². The maximum Gasteiger partial charge on any atom is 0.335 e. The van der Waals surface area contributed by atoms with E-state index >= 15 is 0 Å². The van der Waals surface area contributed by atoms with E-state index in [4.69, 9.17) is 10.8 Å². The molecule has 0 aromatic heterocycles.